The van der Waals surface area contributed by atoms with Crippen LogP contribution in [0, 0.1) is 17.3 Å². The molecule has 10 nitrogen and oxygen atoms in total. The standard InChI is InChI=1S/C32H47FN4O6/c1-8-12-24(26(38)29(40)34-19(4)20-13-10-9-11-14-20)35-28(39)25-21-15-16-23(33)22(21)17-37(25)30(41)27(32(5,6)7)36-31(42)43-18(2)3/h9-11,13-14,18-19,21-25,27H,8,12,15-17H2,1-7H3,(H,34,40)(H,35,39)(H,36,42)/t19-,21+,22+,23+,24?,25+,27-/m1/s1. The second-order valence-electron chi connectivity index (χ2n) is 13.1. The number of benzene rings is 1. The molecule has 43 heavy (non-hydrogen) atoms. The van der Waals surface area contributed by atoms with Crippen LogP contribution >= 0.6 is 0 Å². The molecule has 1 saturated heterocycles. The highest BCUT2D eigenvalue weighted by Crippen LogP contribution is 2.44. The van der Waals surface area contributed by atoms with Crippen LogP contribution in [-0.4, -0.2) is 71.4 Å². The lowest BCUT2D eigenvalue weighted by molar-refractivity contribution is -0.144. The number of hydrogen-bond acceptors (Lipinski definition) is 6. The number of likely N-dealkylation sites (tertiary alicyclic amines) is 1. The van der Waals surface area contributed by atoms with E-state index in [-0.39, 0.29) is 19.4 Å². The first-order valence-corrected chi connectivity index (χ1v) is 15.3. The zero-order chi connectivity index (χ0) is 32.1. The van der Waals surface area contributed by atoms with Crippen LogP contribution in [0.2, 0.25) is 0 Å². The third kappa shape index (κ3) is 8.32. The molecule has 1 heterocycles. The highest BCUT2D eigenvalue weighted by atomic mass is 19.1. The van der Waals surface area contributed by atoms with Gasteiger partial charge in [-0.2, -0.15) is 0 Å². The summed E-state index contributed by atoms with van der Waals surface area (Å²) in [6.45, 7) is 12.3. The third-order valence-electron chi connectivity index (χ3n) is 8.29. The Morgan fingerprint density at radius 2 is 1.63 bits per heavy atom. The van der Waals surface area contributed by atoms with E-state index in [1.54, 1.807) is 41.5 Å². The summed E-state index contributed by atoms with van der Waals surface area (Å²) < 4.78 is 20.2. The fourth-order valence-electron chi connectivity index (χ4n) is 6.07. The molecule has 1 aliphatic heterocycles. The molecule has 2 fully saturated rings. The molecule has 1 aromatic rings. The van der Waals surface area contributed by atoms with Crippen molar-refractivity contribution < 1.29 is 33.1 Å². The van der Waals surface area contributed by atoms with Crippen LogP contribution in [0.25, 0.3) is 0 Å². The molecule has 3 N–H and O–H groups in total. The van der Waals surface area contributed by atoms with Crippen LogP contribution in [0.1, 0.15) is 85.8 Å². The van der Waals surface area contributed by atoms with E-state index in [1.807, 2.05) is 37.3 Å². The summed E-state index contributed by atoms with van der Waals surface area (Å²) in [6.07, 6.45) is -0.949. The van der Waals surface area contributed by atoms with Gasteiger partial charge in [-0.05, 0) is 56.9 Å². The van der Waals surface area contributed by atoms with Gasteiger partial charge in [-0.3, -0.25) is 19.2 Å². The predicted molar refractivity (Wildman–Crippen MR) is 159 cm³/mol. The number of alkyl halides is 1. The number of nitrogens with one attached hydrogen (secondary N) is 3. The lowest BCUT2D eigenvalue weighted by Crippen LogP contribution is -2.60. The van der Waals surface area contributed by atoms with Crippen LogP contribution in [0.3, 0.4) is 0 Å². The number of alkyl carbamates (subject to hydrolysis) is 1. The van der Waals surface area contributed by atoms with E-state index in [4.69, 9.17) is 4.74 Å². The summed E-state index contributed by atoms with van der Waals surface area (Å²) in [5.41, 5.74) is 0.0713. The molecule has 1 unspecified atom stereocenters. The second-order valence-corrected chi connectivity index (χ2v) is 13.1. The summed E-state index contributed by atoms with van der Waals surface area (Å²) in [6, 6.07) is 5.55. The first-order chi connectivity index (χ1) is 20.1. The Kier molecular flexibility index (Phi) is 11.3. The molecule has 3 rings (SSSR count). The minimum absolute atomic E-state index is 0.0116. The first kappa shape index (κ1) is 34.0. The van der Waals surface area contributed by atoms with Crippen LogP contribution in [0.4, 0.5) is 9.18 Å². The zero-order valence-corrected chi connectivity index (χ0v) is 26.3. The van der Waals surface area contributed by atoms with Crippen LogP contribution in [0.15, 0.2) is 30.3 Å². The number of halogens is 1. The Balaban J connectivity index is 1.82. The van der Waals surface area contributed by atoms with Gasteiger partial charge in [0.15, 0.2) is 0 Å². The Morgan fingerprint density at radius 1 is 0.977 bits per heavy atom. The van der Waals surface area contributed by atoms with Crippen molar-refractivity contribution in [2.24, 2.45) is 17.3 Å². The van der Waals surface area contributed by atoms with Crippen molar-refractivity contribution in [1.82, 2.24) is 20.9 Å². The van der Waals surface area contributed by atoms with Crippen molar-refractivity contribution in [2.75, 3.05) is 6.54 Å². The average molecular weight is 603 g/mol. The summed E-state index contributed by atoms with van der Waals surface area (Å²) in [5, 5.41) is 8.08. The molecule has 2 aliphatic rings. The number of amides is 4. The zero-order valence-electron chi connectivity index (χ0n) is 26.3. The van der Waals surface area contributed by atoms with Crippen LogP contribution in [-0.2, 0) is 23.9 Å². The molecule has 11 heteroatoms. The topological polar surface area (TPSA) is 134 Å². The third-order valence-corrected chi connectivity index (χ3v) is 8.29. The van der Waals surface area contributed by atoms with Gasteiger partial charge in [0, 0.05) is 12.5 Å². The predicted octanol–water partition coefficient (Wildman–Crippen LogP) is 3.84. The van der Waals surface area contributed by atoms with Gasteiger partial charge in [0.1, 0.15) is 18.3 Å². The summed E-state index contributed by atoms with van der Waals surface area (Å²) in [5.74, 6) is -3.74. The maximum absolute atomic E-state index is 15.0. The molecule has 1 aliphatic carbocycles. The number of fused-ring (bicyclic) bond motifs is 1. The smallest absolute Gasteiger partial charge is 0.408 e. The maximum atomic E-state index is 15.0. The minimum Gasteiger partial charge on any atom is -0.447 e. The van der Waals surface area contributed by atoms with E-state index >= 15 is 0 Å². The number of carbonyl (C=O) groups is 5. The number of nitrogens with zero attached hydrogens (tertiary/aromatic N) is 1. The Bertz CT molecular complexity index is 1170. The van der Waals surface area contributed by atoms with E-state index < -0.39 is 83.3 Å². The molecule has 7 atom stereocenters. The molecule has 1 saturated carbocycles. The number of hydrogen-bond donors (Lipinski definition) is 3. The van der Waals surface area contributed by atoms with E-state index in [0.717, 1.165) is 5.56 Å². The summed E-state index contributed by atoms with van der Waals surface area (Å²) in [4.78, 5) is 67.9. The summed E-state index contributed by atoms with van der Waals surface area (Å²) in [7, 11) is 0. The van der Waals surface area contributed by atoms with Gasteiger partial charge >= 0.3 is 6.09 Å². The highest BCUT2D eigenvalue weighted by molar-refractivity contribution is 6.38. The lowest BCUT2D eigenvalue weighted by atomic mass is 9.85. The van der Waals surface area contributed by atoms with Crippen molar-refractivity contribution in [3.63, 3.8) is 0 Å². The molecule has 4 amide bonds. The van der Waals surface area contributed by atoms with Gasteiger partial charge in [-0.1, -0.05) is 64.4 Å². The monoisotopic (exact) mass is 602 g/mol. The normalized spacial score (nSPS) is 23.6. The SMILES string of the molecule is CCCC(NC(=O)[C@@H]1[C@H]2CC[C@H](F)[C@H]2CN1C(=O)[C@@H](NC(=O)OC(C)C)C(C)(C)C)C(=O)C(=O)N[C@H](C)c1ccccc1. The van der Waals surface area contributed by atoms with Gasteiger partial charge in [-0.15, -0.1) is 0 Å². The van der Waals surface area contributed by atoms with Gasteiger partial charge in [0.25, 0.3) is 5.91 Å². The Hall–Kier alpha value is -3.50. The molecule has 0 aromatic heterocycles. The maximum Gasteiger partial charge on any atom is 0.408 e. The van der Waals surface area contributed by atoms with Crippen molar-refractivity contribution in [1.29, 1.82) is 0 Å². The molecule has 0 bridgehead atoms. The van der Waals surface area contributed by atoms with Gasteiger partial charge in [0.2, 0.25) is 17.6 Å². The second kappa shape index (κ2) is 14.3. The van der Waals surface area contributed by atoms with Crippen LogP contribution < -0.4 is 16.0 Å². The fraction of sp³-hybridized carbons (Fsp3) is 0.656. The van der Waals surface area contributed by atoms with E-state index in [1.165, 1.54) is 4.90 Å². The van der Waals surface area contributed by atoms with Gasteiger partial charge in [-0.25, -0.2) is 9.18 Å². The number of rotatable bonds is 11. The van der Waals surface area contributed by atoms with E-state index in [2.05, 4.69) is 16.0 Å². The minimum atomic E-state index is -1.18. The molecular formula is C32H47FN4O6. The number of carbonyl (C=O) groups excluding carboxylic acids is 5. The van der Waals surface area contributed by atoms with Gasteiger partial charge in [0.05, 0.1) is 18.2 Å². The van der Waals surface area contributed by atoms with Crippen LogP contribution in [0.5, 0.6) is 0 Å². The average Bonchev–Trinajstić information content (AvgIpc) is 3.49. The molecule has 238 valence electrons. The number of Topliss-reactive ketones (excluding diaryl/α,β-unsaturated/α-hetero) is 1. The number of ether oxygens (including phenoxy) is 1. The van der Waals surface area contributed by atoms with E-state index in [9.17, 15) is 28.4 Å². The largest absolute Gasteiger partial charge is 0.447 e. The highest BCUT2D eigenvalue weighted by Gasteiger charge is 2.55. The lowest BCUT2D eigenvalue weighted by Gasteiger charge is -2.36. The van der Waals surface area contributed by atoms with Crippen molar-refractivity contribution in [2.45, 2.75) is 111 Å². The Labute approximate surface area is 253 Å². The Morgan fingerprint density at radius 3 is 2.21 bits per heavy atom. The van der Waals surface area contributed by atoms with E-state index in [0.29, 0.717) is 12.8 Å². The number of ketones is 1. The van der Waals surface area contributed by atoms with Crippen molar-refractivity contribution >= 4 is 29.6 Å². The molecule has 1 aromatic carbocycles. The summed E-state index contributed by atoms with van der Waals surface area (Å²) >= 11 is 0. The van der Waals surface area contributed by atoms with Crippen molar-refractivity contribution in [3.05, 3.63) is 35.9 Å². The molecular weight excluding hydrogens is 555 g/mol. The quantitative estimate of drug-likeness (QED) is 0.330. The fourth-order valence-corrected chi connectivity index (χ4v) is 6.07. The van der Waals surface area contributed by atoms with Gasteiger partial charge < -0.3 is 25.6 Å². The molecule has 0 radical (unpaired) electrons. The van der Waals surface area contributed by atoms with Crippen molar-refractivity contribution in [3.8, 4) is 0 Å². The molecule has 0 spiro atoms. The first-order valence-electron chi connectivity index (χ1n) is 15.3.